The van der Waals surface area contributed by atoms with Crippen molar-refractivity contribution in [3.05, 3.63) is 0 Å². The average molecular weight is 499 g/mol. The zero-order chi connectivity index (χ0) is 22.5. The lowest BCUT2D eigenvalue weighted by Gasteiger charge is -2.08. The number of amides is 2. The second-order valence-electron chi connectivity index (χ2n) is 5.93. The van der Waals surface area contributed by atoms with E-state index in [0.717, 1.165) is 35.0 Å². The maximum Gasteiger partial charge on any atom is 0.313 e. The maximum atomic E-state index is 11.2. The van der Waals surface area contributed by atoms with E-state index < -0.39 is 11.9 Å². The third kappa shape index (κ3) is 11.7. The molecule has 2 aliphatic heterocycles. The van der Waals surface area contributed by atoms with Crippen molar-refractivity contribution in [2.24, 2.45) is 0 Å². The van der Waals surface area contributed by atoms with E-state index >= 15 is 0 Å². The SMILES string of the molecule is O=C(O)CSCC(=O)NC1CCSC1=O.O=C(O)CSCC(=O)NC1CCSC1=O. The Balaban J connectivity index is 0.000000300. The van der Waals surface area contributed by atoms with Gasteiger partial charge in [0.1, 0.15) is 0 Å². The number of hydrogen-bond acceptors (Lipinski definition) is 10. The molecule has 10 nitrogen and oxygen atoms in total. The smallest absolute Gasteiger partial charge is 0.313 e. The van der Waals surface area contributed by atoms with E-state index in [2.05, 4.69) is 10.6 Å². The number of aliphatic carboxylic acids is 2. The van der Waals surface area contributed by atoms with Crippen LogP contribution >= 0.6 is 47.0 Å². The molecule has 0 aromatic rings. The van der Waals surface area contributed by atoms with Gasteiger partial charge in [-0.2, -0.15) is 0 Å². The molecule has 4 N–H and O–H groups in total. The maximum absolute atomic E-state index is 11.2. The van der Waals surface area contributed by atoms with Crippen molar-refractivity contribution in [3.8, 4) is 0 Å². The largest absolute Gasteiger partial charge is 0.481 e. The first-order valence-corrected chi connectivity index (χ1v) is 13.0. The first-order chi connectivity index (χ1) is 14.2. The van der Waals surface area contributed by atoms with Gasteiger partial charge in [-0.1, -0.05) is 23.5 Å². The van der Waals surface area contributed by atoms with E-state index in [-0.39, 0.29) is 57.1 Å². The van der Waals surface area contributed by atoms with Crippen molar-refractivity contribution < 1.29 is 39.0 Å². The molecule has 2 heterocycles. The summed E-state index contributed by atoms with van der Waals surface area (Å²) >= 11 is 4.49. The summed E-state index contributed by atoms with van der Waals surface area (Å²) in [6.45, 7) is 0. The standard InChI is InChI=1S/2C8H11NO4S2/c2*10-6(3-14-4-7(11)12)9-5-1-2-15-8(5)13/h2*5H,1-4H2,(H,9,10)(H,11,12). The van der Waals surface area contributed by atoms with E-state index in [1.807, 2.05) is 0 Å². The minimum atomic E-state index is -0.944. The van der Waals surface area contributed by atoms with E-state index in [1.165, 1.54) is 23.5 Å². The summed E-state index contributed by atoms with van der Waals surface area (Å²) in [7, 11) is 0. The van der Waals surface area contributed by atoms with Crippen LogP contribution in [0.1, 0.15) is 12.8 Å². The number of nitrogens with one attached hydrogen (secondary N) is 2. The number of thioether (sulfide) groups is 4. The van der Waals surface area contributed by atoms with Crippen LogP contribution in [0, 0.1) is 0 Å². The van der Waals surface area contributed by atoms with Crippen LogP contribution in [0.15, 0.2) is 0 Å². The lowest BCUT2D eigenvalue weighted by molar-refractivity contribution is -0.135. The van der Waals surface area contributed by atoms with Crippen LogP contribution in [0.25, 0.3) is 0 Å². The first-order valence-electron chi connectivity index (χ1n) is 8.70. The summed E-state index contributed by atoms with van der Waals surface area (Å²) in [6.07, 6.45) is 1.33. The topological polar surface area (TPSA) is 167 Å². The lowest BCUT2D eigenvalue weighted by Crippen LogP contribution is -2.38. The van der Waals surface area contributed by atoms with E-state index in [0.29, 0.717) is 12.8 Å². The summed E-state index contributed by atoms with van der Waals surface area (Å²) < 4.78 is 0. The second-order valence-corrected chi connectivity index (χ2v) is 10.1. The van der Waals surface area contributed by atoms with Crippen molar-refractivity contribution in [1.29, 1.82) is 0 Å². The van der Waals surface area contributed by atoms with Crippen LogP contribution in [0.4, 0.5) is 0 Å². The van der Waals surface area contributed by atoms with Crippen LogP contribution in [0.3, 0.4) is 0 Å². The number of hydrogen-bond donors (Lipinski definition) is 4. The molecule has 2 fully saturated rings. The average Bonchev–Trinajstić information content (AvgIpc) is 3.23. The lowest BCUT2D eigenvalue weighted by atomic mass is 10.2. The summed E-state index contributed by atoms with van der Waals surface area (Å²) in [5.41, 5.74) is 0. The molecule has 0 bridgehead atoms. The van der Waals surface area contributed by atoms with E-state index in [1.54, 1.807) is 0 Å². The summed E-state index contributed by atoms with van der Waals surface area (Å²) in [5, 5.41) is 21.8. The first kappa shape index (κ1) is 26.7. The molecule has 0 saturated carbocycles. The third-order valence-corrected chi connectivity index (χ3v) is 7.31. The molecule has 0 radical (unpaired) electrons. The van der Waals surface area contributed by atoms with Gasteiger partial charge in [0, 0.05) is 11.5 Å². The molecule has 2 saturated heterocycles. The molecule has 2 amide bonds. The van der Waals surface area contributed by atoms with Crippen molar-refractivity contribution in [2.45, 2.75) is 24.9 Å². The molecule has 0 spiro atoms. The Morgan fingerprint density at radius 3 is 1.40 bits per heavy atom. The van der Waals surface area contributed by atoms with Crippen molar-refractivity contribution in [2.75, 3.05) is 34.5 Å². The molecule has 14 heteroatoms. The zero-order valence-corrected chi connectivity index (χ0v) is 19.1. The van der Waals surface area contributed by atoms with Crippen LogP contribution < -0.4 is 10.6 Å². The Bertz CT molecular complexity index is 620. The highest BCUT2D eigenvalue weighted by atomic mass is 32.2. The highest BCUT2D eigenvalue weighted by Gasteiger charge is 2.27. The zero-order valence-electron chi connectivity index (χ0n) is 15.8. The molecule has 168 valence electrons. The van der Waals surface area contributed by atoms with Crippen LogP contribution in [-0.2, 0) is 28.8 Å². The fraction of sp³-hybridized carbons (Fsp3) is 0.625. The number of rotatable bonds is 10. The van der Waals surface area contributed by atoms with Gasteiger partial charge in [0.15, 0.2) is 0 Å². The molecule has 0 aromatic carbocycles. The van der Waals surface area contributed by atoms with Gasteiger partial charge < -0.3 is 20.8 Å². The minimum absolute atomic E-state index is 0.00779. The molecule has 2 atom stereocenters. The van der Waals surface area contributed by atoms with Crippen molar-refractivity contribution in [1.82, 2.24) is 10.6 Å². The molecular formula is C16H22N2O8S4. The Morgan fingerprint density at radius 1 is 0.767 bits per heavy atom. The molecule has 30 heavy (non-hydrogen) atoms. The summed E-state index contributed by atoms with van der Waals surface area (Å²) in [6, 6.07) is -0.763. The van der Waals surface area contributed by atoms with Crippen molar-refractivity contribution >= 4 is 81.0 Å². The Labute approximate surface area is 189 Å². The number of carbonyl (C=O) groups excluding carboxylic acids is 4. The second kappa shape index (κ2) is 14.6. The van der Waals surface area contributed by atoms with E-state index in [4.69, 9.17) is 10.2 Å². The monoisotopic (exact) mass is 498 g/mol. The molecule has 2 unspecified atom stereocenters. The van der Waals surface area contributed by atoms with Gasteiger partial charge in [-0.15, -0.1) is 23.5 Å². The van der Waals surface area contributed by atoms with Gasteiger partial charge in [-0.05, 0) is 12.8 Å². The molecule has 2 rings (SSSR count). The molecule has 0 aliphatic carbocycles. The quantitative estimate of drug-likeness (QED) is 0.316. The number of carboxylic acids is 2. The minimum Gasteiger partial charge on any atom is -0.481 e. The fourth-order valence-corrected chi connectivity index (χ4v) is 5.14. The van der Waals surface area contributed by atoms with Gasteiger partial charge in [0.2, 0.25) is 22.0 Å². The van der Waals surface area contributed by atoms with Gasteiger partial charge >= 0.3 is 11.9 Å². The fourth-order valence-electron chi connectivity index (χ4n) is 2.19. The highest BCUT2D eigenvalue weighted by Crippen LogP contribution is 2.20. The number of carbonyl (C=O) groups is 6. The third-order valence-electron chi connectivity index (χ3n) is 3.46. The molecule has 2 aliphatic rings. The van der Waals surface area contributed by atoms with Gasteiger partial charge in [0.25, 0.3) is 0 Å². The normalized spacial score (nSPS) is 20.3. The molecule has 0 aromatic heterocycles. The Morgan fingerprint density at radius 2 is 1.13 bits per heavy atom. The molecular weight excluding hydrogens is 476 g/mol. The van der Waals surface area contributed by atoms with Gasteiger partial charge in [-0.25, -0.2) is 0 Å². The Hall–Kier alpha value is -1.38. The van der Waals surface area contributed by atoms with E-state index in [9.17, 15) is 28.8 Å². The highest BCUT2D eigenvalue weighted by molar-refractivity contribution is 8.14. The van der Waals surface area contributed by atoms with Crippen molar-refractivity contribution in [3.63, 3.8) is 0 Å². The van der Waals surface area contributed by atoms with Crippen LogP contribution in [0.5, 0.6) is 0 Å². The van der Waals surface area contributed by atoms with Crippen LogP contribution in [-0.4, -0.2) is 90.8 Å². The Kier molecular flexibility index (Phi) is 13.0. The summed E-state index contributed by atoms with van der Waals surface area (Å²) in [5.74, 6) is -0.981. The van der Waals surface area contributed by atoms with Crippen LogP contribution in [0.2, 0.25) is 0 Å². The predicted molar refractivity (Wildman–Crippen MR) is 118 cm³/mol. The van der Waals surface area contributed by atoms with Gasteiger partial charge in [0.05, 0.1) is 35.1 Å². The van der Waals surface area contributed by atoms with Gasteiger partial charge in [-0.3, -0.25) is 28.8 Å². The predicted octanol–water partition coefficient (Wildman–Crippen LogP) is -0.0950. The number of carboxylic acid groups (broad SMARTS) is 2. The summed E-state index contributed by atoms with van der Waals surface area (Å²) in [4.78, 5) is 65.1.